The van der Waals surface area contributed by atoms with Crippen LogP contribution in [0.15, 0.2) is 0 Å². The van der Waals surface area contributed by atoms with Crippen molar-refractivity contribution in [3.63, 3.8) is 0 Å². The molecule has 0 aromatic carbocycles. The summed E-state index contributed by atoms with van der Waals surface area (Å²) in [7, 11) is 0.267. The Labute approximate surface area is 115 Å². The molecule has 7 heteroatoms. The molecule has 2 unspecified atom stereocenters. The lowest BCUT2D eigenvalue weighted by molar-refractivity contribution is 0.355. The van der Waals surface area contributed by atoms with Gasteiger partial charge in [0.2, 0.25) is 10.0 Å². The number of hydrogen-bond acceptors (Lipinski definition) is 4. The van der Waals surface area contributed by atoms with Crippen LogP contribution in [-0.2, 0) is 10.0 Å². The van der Waals surface area contributed by atoms with Gasteiger partial charge in [0.1, 0.15) is 5.25 Å². The highest BCUT2D eigenvalue weighted by Crippen LogP contribution is 2.19. The number of thiocarbonyl (C=S) groups is 1. The van der Waals surface area contributed by atoms with Gasteiger partial charge < -0.3 is 10.6 Å². The van der Waals surface area contributed by atoms with Crippen molar-refractivity contribution in [2.45, 2.75) is 25.0 Å². The molecule has 18 heavy (non-hydrogen) atoms. The zero-order valence-electron chi connectivity index (χ0n) is 11.3. The van der Waals surface area contributed by atoms with Crippen molar-refractivity contribution in [2.24, 2.45) is 11.7 Å². The van der Waals surface area contributed by atoms with Crippen molar-refractivity contribution in [2.75, 3.05) is 33.7 Å². The minimum atomic E-state index is -3.41. The summed E-state index contributed by atoms with van der Waals surface area (Å²) in [5, 5.41) is -0.739. The molecule has 2 N–H and O–H groups in total. The molecule has 2 atom stereocenters. The Hall–Kier alpha value is -0.240. The predicted molar refractivity (Wildman–Crippen MR) is 78.0 cm³/mol. The standard InChI is InChI=1S/C11H23N3O2S2/c1-4-10(11(12)17)18(15,16)14(3)8-9-5-6-13(2)7-9/h9-10H,4-8H2,1-3H3,(H2,12,17). The molecular weight excluding hydrogens is 270 g/mol. The van der Waals surface area contributed by atoms with Crippen LogP contribution in [0.25, 0.3) is 0 Å². The van der Waals surface area contributed by atoms with Gasteiger partial charge >= 0.3 is 0 Å². The van der Waals surface area contributed by atoms with E-state index in [9.17, 15) is 8.42 Å². The molecule has 1 saturated heterocycles. The van der Waals surface area contributed by atoms with E-state index in [-0.39, 0.29) is 4.99 Å². The van der Waals surface area contributed by atoms with E-state index < -0.39 is 15.3 Å². The first-order chi connectivity index (χ1) is 8.28. The summed E-state index contributed by atoms with van der Waals surface area (Å²) in [5.41, 5.74) is 5.52. The lowest BCUT2D eigenvalue weighted by Gasteiger charge is -2.25. The van der Waals surface area contributed by atoms with E-state index in [2.05, 4.69) is 11.9 Å². The van der Waals surface area contributed by atoms with Crippen molar-refractivity contribution in [3.8, 4) is 0 Å². The van der Waals surface area contributed by atoms with E-state index in [4.69, 9.17) is 18.0 Å². The summed E-state index contributed by atoms with van der Waals surface area (Å²) in [5.74, 6) is 0.402. The Bertz CT molecular complexity index is 397. The van der Waals surface area contributed by atoms with Crippen LogP contribution < -0.4 is 5.73 Å². The zero-order chi connectivity index (χ0) is 13.9. The maximum Gasteiger partial charge on any atom is 0.223 e. The Balaban J connectivity index is 2.69. The fourth-order valence-corrected chi connectivity index (χ4v) is 4.52. The Morgan fingerprint density at radius 3 is 2.61 bits per heavy atom. The van der Waals surface area contributed by atoms with Crippen molar-refractivity contribution in [3.05, 3.63) is 0 Å². The summed E-state index contributed by atoms with van der Waals surface area (Å²) in [6, 6.07) is 0. The molecule has 5 nitrogen and oxygen atoms in total. The second kappa shape index (κ2) is 6.27. The third kappa shape index (κ3) is 3.63. The maximum atomic E-state index is 12.3. The summed E-state index contributed by atoms with van der Waals surface area (Å²) in [6.45, 7) is 4.32. The van der Waals surface area contributed by atoms with Crippen LogP contribution >= 0.6 is 12.2 Å². The smallest absolute Gasteiger partial charge is 0.223 e. The summed E-state index contributed by atoms with van der Waals surface area (Å²) < 4.78 is 26.1. The summed E-state index contributed by atoms with van der Waals surface area (Å²) in [4.78, 5) is 2.28. The molecule has 1 aliphatic rings. The molecule has 0 saturated carbocycles. The lowest BCUT2D eigenvalue weighted by atomic mass is 10.1. The van der Waals surface area contributed by atoms with E-state index in [0.29, 0.717) is 18.9 Å². The van der Waals surface area contributed by atoms with Crippen LogP contribution in [-0.4, -0.2) is 61.6 Å². The van der Waals surface area contributed by atoms with Gasteiger partial charge in [-0.05, 0) is 32.4 Å². The maximum absolute atomic E-state index is 12.3. The number of nitrogens with zero attached hydrogens (tertiary/aromatic N) is 2. The second-order valence-corrected chi connectivity index (χ2v) is 7.74. The fraction of sp³-hybridized carbons (Fsp3) is 0.909. The number of rotatable bonds is 6. The molecule has 1 heterocycles. The molecule has 1 aliphatic heterocycles. The van der Waals surface area contributed by atoms with Gasteiger partial charge in [-0.15, -0.1) is 0 Å². The van der Waals surface area contributed by atoms with Crippen LogP contribution in [0.4, 0.5) is 0 Å². The number of hydrogen-bond donors (Lipinski definition) is 1. The van der Waals surface area contributed by atoms with Gasteiger partial charge in [0.25, 0.3) is 0 Å². The van der Waals surface area contributed by atoms with Gasteiger partial charge in [-0.3, -0.25) is 0 Å². The van der Waals surface area contributed by atoms with Crippen LogP contribution in [0.3, 0.4) is 0 Å². The first kappa shape index (κ1) is 15.8. The predicted octanol–water partition coefficient (Wildman–Crippen LogP) is 0.264. The summed E-state index contributed by atoms with van der Waals surface area (Å²) >= 11 is 4.85. The number of likely N-dealkylation sites (tertiary alicyclic amines) is 1. The zero-order valence-corrected chi connectivity index (χ0v) is 12.9. The molecule has 0 aromatic heterocycles. The normalized spacial score (nSPS) is 23.4. The molecule has 0 radical (unpaired) electrons. The highest BCUT2D eigenvalue weighted by molar-refractivity contribution is 7.92. The third-order valence-electron chi connectivity index (χ3n) is 3.49. The molecule has 0 aliphatic carbocycles. The van der Waals surface area contributed by atoms with Crippen molar-refractivity contribution < 1.29 is 8.42 Å². The second-order valence-electron chi connectivity index (χ2n) is 5.04. The first-order valence-corrected chi connectivity index (χ1v) is 8.13. The van der Waals surface area contributed by atoms with Crippen LogP contribution in [0.2, 0.25) is 0 Å². The number of nitrogens with two attached hydrogens (primary N) is 1. The lowest BCUT2D eigenvalue weighted by Crippen LogP contribution is -2.44. The summed E-state index contributed by atoms with van der Waals surface area (Å²) in [6.07, 6.45) is 1.47. The van der Waals surface area contributed by atoms with Crippen LogP contribution in [0.1, 0.15) is 19.8 Å². The van der Waals surface area contributed by atoms with Gasteiger partial charge in [0.05, 0.1) is 4.99 Å². The fourth-order valence-electron chi connectivity index (χ4n) is 2.42. The first-order valence-electron chi connectivity index (χ1n) is 6.22. The minimum absolute atomic E-state index is 0.0629. The molecule has 0 bridgehead atoms. The molecule has 106 valence electrons. The molecular formula is C11H23N3O2S2. The van der Waals surface area contributed by atoms with Crippen LogP contribution in [0, 0.1) is 5.92 Å². The van der Waals surface area contributed by atoms with Crippen molar-refractivity contribution in [1.82, 2.24) is 9.21 Å². The largest absolute Gasteiger partial charge is 0.392 e. The average Bonchev–Trinajstić information content (AvgIpc) is 2.63. The molecule has 0 amide bonds. The highest BCUT2D eigenvalue weighted by atomic mass is 32.2. The molecule has 1 rings (SSSR count). The molecule has 0 aromatic rings. The van der Waals surface area contributed by atoms with E-state index in [1.165, 1.54) is 4.31 Å². The molecule has 0 spiro atoms. The SMILES string of the molecule is CCC(C(N)=S)S(=O)(=O)N(C)CC1CCN(C)C1. The van der Waals surface area contributed by atoms with Crippen molar-refractivity contribution in [1.29, 1.82) is 0 Å². The quantitative estimate of drug-likeness (QED) is 0.712. The van der Waals surface area contributed by atoms with E-state index in [0.717, 1.165) is 19.5 Å². The monoisotopic (exact) mass is 293 g/mol. The van der Waals surface area contributed by atoms with E-state index >= 15 is 0 Å². The third-order valence-corrected chi connectivity index (χ3v) is 6.24. The Morgan fingerprint density at radius 1 is 1.61 bits per heavy atom. The van der Waals surface area contributed by atoms with Gasteiger partial charge in [0.15, 0.2) is 0 Å². The molecule has 1 fully saturated rings. The average molecular weight is 293 g/mol. The highest BCUT2D eigenvalue weighted by Gasteiger charge is 2.32. The van der Waals surface area contributed by atoms with Crippen molar-refractivity contribution >= 4 is 27.2 Å². The van der Waals surface area contributed by atoms with Gasteiger partial charge in [-0.2, -0.15) is 0 Å². The van der Waals surface area contributed by atoms with Gasteiger partial charge in [-0.25, -0.2) is 12.7 Å². The Kier molecular flexibility index (Phi) is 5.51. The van der Waals surface area contributed by atoms with E-state index in [1.54, 1.807) is 14.0 Å². The van der Waals surface area contributed by atoms with Gasteiger partial charge in [0, 0.05) is 20.1 Å². The van der Waals surface area contributed by atoms with Crippen LogP contribution in [0.5, 0.6) is 0 Å². The Morgan fingerprint density at radius 2 is 2.22 bits per heavy atom. The minimum Gasteiger partial charge on any atom is -0.392 e. The van der Waals surface area contributed by atoms with Gasteiger partial charge in [-0.1, -0.05) is 19.1 Å². The topological polar surface area (TPSA) is 66.6 Å². The van der Waals surface area contributed by atoms with E-state index in [1.807, 2.05) is 0 Å². The number of sulfonamides is 1.